The largest absolute Gasteiger partial charge is 0.462 e. The molecule has 0 aliphatic carbocycles. The highest BCUT2D eigenvalue weighted by atomic mass is 16.5. The summed E-state index contributed by atoms with van der Waals surface area (Å²) in [6.07, 6.45) is 10.8. The van der Waals surface area contributed by atoms with Gasteiger partial charge in [0.25, 0.3) is 0 Å². The predicted octanol–water partition coefficient (Wildman–Crippen LogP) is 10.5. The van der Waals surface area contributed by atoms with E-state index in [0.29, 0.717) is 46.9 Å². The molecule has 8 nitrogen and oxygen atoms in total. The van der Waals surface area contributed by atoms with Crippen LogP contribution in [0.2, 0.25) is 0 Å². The summed E-state index contributed by atoms with van der Waals surface area (Å²) in [4.78, 5) is 53.4. The Morgan fingerprint density at radius 1 is 0.380 bits per heavy atom. The first kappa shape index (κ1) is 38.3. The van der Waals surface area contributed by atoms with Gasteiger partial charge in [0, 0.05) is 0 Å². The second kappa shape index (κ2) is 19.7. The van der Waals surface area contributed by atoms with E-state index in [-0.39, 0.29) is 24.3 Å². The van der Waals surface area contributed by atoms with E-state index >= 15 is 0 Å². The van der Waals surface area contributed by atoms with Crippen LogP contribution in [0.3, 0.4) is 0 Å². The summed E-state index contributed by atoms with van der Waals surface area (Å²) < 4.78 is 22.5. The monoisotopic (exact) mass is 684 g/mol. The van der Waals surface area contributed by atoms with Gasteiger partial charge in [0.1, 0.15) is 0 Å². The third-order valence-corrected chi connectivity index (χ3v) is 8.90. The average Bonchev–Trinajstić information content (AvgIpc) is 3.14. The van der Waals surface area contributed by atoms with Crippen LogP contribution >= 0.6 is 0 Å². The maximum absolute atomic E-state index is 13.6. The van der Waals surface area contributed by atoms with Crippen molar-refractivity contribution in [3.63, 3.8) is 0 Å². The van der Waals surface area contributed by atoms with E-state index in [9.17, 15) is 19.2 Å². The summed E-state index contributed by atoms with van der Waals surface area (Å²) in [5.74, 6) is -2.07. The summed E-state index contributed by atoms with van der Waals surface area (Å²) in [5, 5.41) is 4.29. The summed E-state index contributed by atoms with van der Waals surface area (Å²) in [5.41, 5.74) is 0.983. The number of carbonyl (C=O) groups excluding carboxylic acids is 4. The molecule has 0 unspecified atom stereocenters. The van der Waals surface area contributed by atoms with E-state index in [2.05, 4.69) is 27.7 Å². The molecule has 268 valence electrons. The van der Waals surface area contributed by atoms with Crippen LogP contribution in [-0.4, -0.2) is 50.3 Å². The third-order valence-electron chi connectivity index (χ3n) is 8.90. The number of carbonyl (C=O) groups is 4. The van der Waals surface area contributed by atoms with Gasteiger partial charge in [-0.2, -0.15) is 0 Å². The van der Waals surface area contributed by atoms with Gasteiger partial charge in [0.2, 0.25) is 0 Å². The molecule has 4 aromatic carbocycles. The third kappa shape index (κ3) is 9.83. The predicted molar refractivity (Wildman–Crippen MR) is 198 cm³/mol. The number of benzene rings is 4. The molecule has 0 amide bonds. The number of unbranched alkanes of at least 4 members (excludes halogenated alkanes) is 8. The van der Waals surface area contributed by atoms with Crippen molar-refractivity contribution in [1.29, 1.82) is 0 Å². The van der Waals surface area contributed by atoms with Crippen LogP contribution in [0.25, 0.3) is 32.3 Å². The van der Waals surface area contributed by atoms with E-state index in [4.69, 9.17) is 18.9 Å². The van der Waals surface area contributed by atoms with Crippen molar-refractivity contribution in [3.8, 4) is 0 Å². The van der Waals surface area contributed by atoms with E-state index in [0.717, 1.165) is 86.8 Å². The zero-order valence-corrected chi connectivity index (χ0v) is 30.2. The van der Waals surface area contributed by atoms with Crippen molar-refractivity contribution in [1.82, 2.24) is 0 Å². The molecule has 0 aromatic heterocycles. The number of esters is 4. The molecular formula is C42H52O8. The van der Waals surface area contributed by atoms with Gasteiger partial charge in [-0.15, -0.1) is 0 Å². The Kier molecular flexibility index (Phi) is 15.1. The molecule has 0 aliphatic heterocycles. The first-order chi connectivity index (χ1) is 24.3. The number of fused-ring (bicyclic) bond motifs is 6. The quantitative estimate of drug-likeness (QED) is 0.0392. The van der Waals surface area contributed by atoms with Crippen molar-refractivity contribution < 1.29 is 38.1 Å². The maximum Gasteiger partial charge on any atom is 0.339 e. The SMILES string of the molecule is CCCCCOC(=O)c1ccc2c(c1)c1ccc(C(=O)OCCCCC)cc1c1cc(C(=O)OCCCCC)c(C(=O)OCCCCC)cc21. The molecule has 0 aliphatic rings. The second-order valence-electron chi connectivity index (χ2n) is 12.8. The molecule has 0 spiro atoms. The Labute approximate surface area is 295 Å². The standard InChI is InChI=1S/C42H52O8/c1-5-9-13-21-47-39(43)29-18-20-32-33(25-29)31-19-17-30(40(44)48-22-14-10-6-2)26-34(31)36-28-38(42(46)50-24-16-12-8-4)37(27-35(32)36)41(45)49-23-15-11-7-3/h17-20,25-28H,5-16,21-24H2,1-4H3. The Bertz CT molecular complexity index is 1750. The van der Waals surface area contributed by atoms with E-state index in [1.807, 2.05) is 12.1 Å². The fourth-order valence-corrected chi connectivity index (χ4v) is 6.03. The van der Waals surface area contributed by atoms with Gasteiger partial charge in [-0.25, -0.2) is 19.2 Å². The van der Waals surface area contributed by atoms with Crippen molar-refractivity contribution in [3.05, 3.63) is 70.8 Å². The fourth-order valence-electron chi connectivity index (χ4n) is 6.03. The molecule has 0 N–H and O–H groups in total. The topological polar surface area (TPSA) is 105 Å². The molecule has 4 rings (SSSR count). The van der Waals surface area contributed by atoms with Crippen LogP contribution in [0, 0.1) is 0 Å². The van der Waals surface area contributed by atoms with Gasteiger partial charge < -0.3 is 18.9 Å². The van der Waals surface area contributed by atoms with Crippen molar-refractivity contribution in [2.45, 2.75) is 105 Å². The van der Waals surface area contributed by atoms with E-state index in [1.54, 1.807) is 36.4 Å². The van der Waals surface area contributed by atoms with E-state index < -0.39 is 23.9 Å². The van der Waals surface area contributed by atoms with Gasteiger partial charge in [0.15, 0.2) is 0 Å². The first-order valence-corrected chi connectivity index (χ1v) is 18.5. The van der Waals surface area contributed by atoms with Gasteiger partial charge in [0.05, 0.1) is 48.7 Å². The Morgan fingerprint density at radius 3 is 1.04 bits per heavy atom. The number of hydrogen-bond acceptors (Lipinski definition) is 8. The number of rotatable bonds is 20. The van der Waals surface area contributed by atoms with Gasteiger partial charge in [-0.3, -0.25) is 0 Å². The first-order valence-electron chi connectivity index (χ1n) is 18.5. The smallest absolute Gasteiger partial charge is 0.339 e. The minimum absolute atomic E-state index is 0.106. The maximum atomic E-state index is 13.6. The van der Waals surface area contributed by atoms with Crippen LogP contribution < -0.4 is 0 Å². The van der Waals surface area contributed by atoms with Crippen LogP contribution in [0.1, 0.15) is 146 Å². The highest BCUT2D eigenvalue weighted by molar-refractivity contribution is 6.28. The lowest BCUT2D eigenvalue weighted by atomic mass is 9.89. The zero-order chi connectivity index (χ0) is 35.9. The molecule has 0 radical (unpaired) electrons. The van der Waals surface area contributed by atoms with E-state index in [1.165, 1.54) is 0 Å². The highest BCUT2D eigenvalue weighted by Gasteiger charge is 2.24. The lowest BCUT2D eigenvalue weighted by Gasteiger charge is -2.16. The molecule has 8 heteroatoms. The summed E-state index contributed by atoms with van der Waals surface area (Å²) in [6, 6.07) is 14.0. The normalized spacial score (nSPS) is 11.2. The summed E-state index contributed by atoms with van der Waals surface area (Å²) in [7, 11) is 0. The van der Waals surface area contributed by atoms with Gasteiger partial charge in [-0.1, -0.05) is 91.2 Å². The van der Waals surface area contributed by atoms with Crippen molar-refractivity contribution in [2.75, 3.05) is 26.4 Å². The molecule has 0 saturated heterocycles. The molecule has 0 heterocycles. The summed E-state index contributed by atoms with van der Waals surface area (Å²) in [6.45, 7) is 9.46. The van der Waals surface area contributed by atoms with Crippen molar-refractivity contribution in [2.24, 2.45) is 0 Å². The molecule has 50 heavy (non-hydrogen) atoms. The molecule has 0 atom stereocenters. The lowest BCUT2D eigenvalue weighted by molar-refractivity contribution is 0.0451. The molecule has 0 fully saturated rings. The molecular weight excluding hydrogens is 632 g/mol. The summed E-state index contributed by atoms with van der Waals surface area (Å²) >= 11 is 0. The van der Waals surface area contributed by atoms with Crippen LogP contribution in [-0.2, 0) is 18.9 Å². The van der Waals surface area contributed by atoms with Gasteiger partial charge >= 0.3 is 23.9 Å². The fraction of sp³-hybridized carbons (Fsp3) is 0.476. The zero-order valence-electron chi connectivity index (χ0n) is 30.2. The van der Waals surface area contributed by atoms with Crippen molar-refractivity contribution >= 4 is 56.2 Å². The Balaban J connectivity index is 1.91. The molecule has 0 saturated carbocycles. The van der Waals surface area contributed by atoms with Crippen LogP contribution in [0.5, 0.6) is 0 Å². The minimum atomic E-state index is -0.607. The second-order valence-corrected chi connectivity index (χ2v) is 12.8. The Morgan fingerprint density at radius 2 is 0.680 bits per heavy atom. The molecule has 0 bridgehead atoms. The molecule has 4 aromatic rings. The average molecular weight is 685 g/mol. The number of hydrogen-bond donors (Lipinski definition) is 0. The Hall–Kier alpha value is -4.46. The van der Waals surface area contributed by atoms with Crippen LogP contribution in [0.4, 0.5) is 0 Å². The number of ether oxygens (including phenoxy) is 4. The van der Waals surface area contributed by atoms with Crippen LogP contribution in [0.15, 0.2) is 48.5 Å². The van der Waals surface area contributed by atoms with Gasteiger partial charge in [-0.05, 0) is 94.4 Å². The minimum Gasteiger partial charge on any atom is -0.462 e. The highest BCUT2D eigenvalue weighted by Crippen LogP contribution is 2.38. The lowest BCUT2D eigenvalue weighted by Crippen LogP contribution is -2.15.